The minimum absolute atomic E-state index is 0.101. The Balaban J connectivity index is 1.68. The van der Waals surface area contributed by atoms with E-state index in [0.29, 0.717) is 24.6 Å². The normalized spacial score (nSPS) is 15.7. The second-order valence-corrected chi connectivity index (χ2v) is 12.1. The van der Waals surface area contributed by atoms with E-state index in [1.54, 1.807) is 19.2 Å². The van der Waals surface area contributed by atoms with Crippen LogP contribution in [0.4, 0.5) is 5.69 Å². The molecule has 9 nitrogen and oxygen atoms in total. The zero-order valence-corrected chi connectivity index (χ0v) is 25.5. The summed E-state index contributed by atoms with van der Waals surface area (Å²) in [5.74, 6) is -0.277. The molecule has 2 rings (SSSR count). The van der Waals surface area contributed by atoms with Crippen LogP contribution in [0.25, 0.3) is 0 Å². The van der Waals surface area contributed by atoms with E-state index in [2.05, 4.69) is 44.2 Å². The molecule has 1 saturated heterocycles. The van der Waals surface area contributed by atoms with Crippen LogP contribution in [0.3, 0.4) is 0 Å². The fourth-order valence-corrected chi connectivity index (χ4v) is 5.43. The molecule has 10 heteroatoms. The predicted molar refractivity (Wildman–Crippen MR) is 158 cm³/mol. The number of nitrogens with one attached hydrogen (secondary N) is 3. The number of amides is 3. The van der Waals surface area contributed by atoms with Crippen LogP contribution in [-0.2, 0) is 30.3 Å². The molecule has 220 valence electrons. The van der Waals surface area contributed by atoms with Crippen LogP contribution in [0, 0.1) is 17.3 Å². The van der Waals surface area contributed by atoms with Crippen LogP contribution >= 0.6 is 9.47 Å². The van der Waals surface area contributed by atoms with Gasteiger partial charge in [0.1, 0.15) is 6.04 Å². The van der Waals surface area contributed by atoms with Gasteiger partial charge in [-0.2, -0.15) is 0 Å². The number of carbonyl (C=O) groups excluding carboxylic acids is 3. The molecule has 1 fully saturated rings. The summed E-state index contributed by atoms with van der Waals surface area (Å²) < 4.78 is 10.3. The first-order chi connectivity index (χ1) is 18.5. The summed E-state index contributed by atoms with van der Waals surface area (Å²) in [6, 6.07) is 6.63. The van der Waals surface area contributed by atoms with Crippen molar-refractivity contribution in [2.75, 3.05) is 45.2 Å². The van der Waals surface area contributed by atoms with Crippen LogP contribution in [0.15, 0.2) is 24.3 Å². The van der Waals surface area contributed by atoms with Crippen molar-refractivity contribution < 1.29 is 23.6 Å². The highest BCUT2D eigenvalue weighted by Gasteiger charge is 2.27. The Hall–Kier alpha value is -2.06. The molecule has 0 spiro atoms. The summed E-state index contributed by atoms with van der Waals surface area (Å²) in [7, 11) is 3.97. The highest BCUT2D eigenvalue weighted by atomic mass is 31.0. The lowest BCUT2D eigenvalue weighted by molar-refractivity contribution is -0.130. The van der Waals surface area contributed by atoms with Crippen molar-refractivity contribution in [2.45, 2.75) is 72.4 Å². The average Bonchev–Trinajstić information content (AvgIpc) is 2.88. The molecule has 1 aliphatic rings. The van der Waals surface area contributed by atoms with Gasteiger partial charge in [0.05, 0.1) is 19.8 Å². The quantitative estimate of drug-likeness (QED) is 0.264. The topological polar surface area (TPSA) is 109 Å². The Kier molecular flexibility index (Phi) is 14.4. The molecule has 1 aromatic carbocycles. The molecular formula is C29H49N4O5P. The number of nitrogens with zero attached hydrogens (tertiary/aromatic N) is 1. The van der Waals surface area contributed by atoms with Gasteiger partial charge in [-0.3, -0.25) is 14.4 Å². The zero-order chi connectivity index (χ0) is 28.8. The van der Waals surface area contributed by atoms with Crippen LogP contribution in [0.1, 0.15) is 65.4 Å². The number of hydrogen-bond acceptors (Lipinski definition) is 6. The number of ether oxygens (including phenoxy) is 1. The molecule has 1 aromatic rings. The summed E-state index contributed by atoms with van der Waals surface area (Å²) in [6.07, 6.45) is 4.52. The molecule has 0 radical (unpaired) electrons. The Morgan fingerprint density at radius 1 is 1.10 bits per heavy atom. The van der Waals surface area contributed by atoms with Gasteiger partial charge in [0, 0.05) is 40.6 Å². The van der Waals surface area contributed by atoms with E-state index in [9.17, 15) is 14.4 Å². The fraction of sp³-hybridized carbons (Fsp3) is 0.690. The Bertz CT molecular complexity index is 901. The van der Waals surface area contributed by atoms with Crippen molar-refractivity contribution in [2.24, 2.45) is 17.3 Å². The van der Waals surface area contributed by atoms with Crippen LogP contribution in [0.5, 0.6) is 0 Å². The van der Waals surface area contributed by atoms with Gasteiger partial charge >= 0.3 is 0 Å². The highest BCUT2D eigenvalue weighted by molar-refractivity contribution is 7.09. The molecule has 2 unspecified atom stereocenters. The first-order valence-electron chi connectivity index (χ1n) is 14.0. The maximum Gasteiger partial charge on any atom is 0.243 e. The van der Waals surface area contributed by atoms with Gasteiger partial charge in [-0.25, -0.2) is 0 Å². The third kappa shape index (κ3) is 12.8. The van der Waals surface area contributed by atoms with Crippen molar-refractivity contribution in [3.63, 3.8) is 0 Å². The fourth-order valence-electron chi connectivity index (χ4n) is 4.98. The lowest BCUT2D eigenvalue weighted by Crippen LogP contribution is -2.51. The van der Waals surface area contributed by atoms with Gasteiger partial charge in [0.15, 0.2) is 0 Å². The van der Waals surface area contributed by atoms with Crippen LogP contribution < -0.4 is 16.0 Å². The van der Waals surface area contributed by atoms with Gasteiger partial charge in [0.25, 0.3) is 0 Å². The van der Waals surface area contributed by atoms with E-state index in [1.807, 2.05) is 26.0 Å². The standard InChI is InChI=1S/C29H49N4O5P/c1-21(2)27(28(36)30-17-26(35)31-24-11-9-23(10-12-24)18-37-5)32-25(34)8-6-7-22-13-15-33(16-14-22)19-29(3,4)20-38-39/h9-12,21-22,27H,6-8,13-20,39H2,1-5H3,(H,30,36)(H,31,35)(H,32,34). The predicted octanol–water partition coefficient (Wildman–Crippen LogP) is 3.74. The van der Waals surface area contributed by atoms with Crippen molar-refractivity contribution in [1.29, 1.82) is 0 Å². The number of carbonyl (C=O) groups is 3. The number of piperidine rings is 1. The zero-order valence-electron chi connectivity index (χ0n) is 24.4. The van der Waals surface area contributed by atoms with Crippen LogP contribution in [-0.4, -0.2) is 68.6 Å². The number of benzene rings is 1. The van der Waals surface area contributed by atoms with Crippen molar-refractivity contribution >= 4 is 32.9 Å². The van der Waals surface area contributed by atoms with Crippen molar-refractivity contribution in [1.82, 2.24) is 15.5 Å². The second-order valence-electron chi connectivity index (χ2n) is 11.8. The molecule has 1 heterocycles. The molecule has 0 aromatic heterocycles. The van der Waals surface area contributed by atoms with Gasteiger partial charge in [-0.05, 0) is 68.3 Å². The van der Waals surface area contributed by atoms with Gasteiger partial charge in [-0.15, -0.1) is 0 Å². The monoisotopic (exact) mass is 564 g/mol. The van der Waals surface area contributed by atoms with E-state index in [-0.39, 0.29) is 35.6 Å². The second kappa shape index (κ2) is 16.9. The minimum atomic E-state index is -0.685. The van der Waals surface area contributed by atoms with Crippen molar-refractivity contribution in [3.05, 3.63) is 29.8 Å². The molecule has 0 saturated carbocycles. The third-order valence-electron chi connectivity index (χ3n) is 7.09. The highest BCUT2D eigenvalue weighted by Crippen LogP contribution is 2.26. The Morgan fingerprint density at radius 2 is 1.77 bits per heavy atom. The molecule has 3 amide bonds. The largest absolute Gasteiger partial charge is 0.380 e. The van der Waals surface area contributed by atoms with Gasteiger partial charge in [0.2, 0.25) is 17.7 Å². The van der Waals surface area contributed by atoms with E-state index in [4.69, 9.17) is 9.26 Å². The van der Waals surface area contributed by atoms with Gasteiger partial charge in [-0.1, -0.05) is 39.8 Å². The minimum Gasteiger partial charge on any atom is -0.380 e. The SMILES string of the molecule is COCc1ccc(NC(=O)CNC(=O)C(NC(=O)CCCC2CCN(CC(C)(C)COP)CC2)C(C)C)cc1. The summed E-state index contributed by atoms with van der Waals surface area (Å²) in [5.41, 5.74) is 1.77. The maximum absolute atomic E-state index is 12.8. The summed E-state index contributed by atoms with van der Waals surface area (Å²) in [5, 5.41) is 8.29. The third-order valence-corrected chi connectivity index (χ3v) is 7.25. The molecule has 0 aliphatic carbocycles. The lowest BCUT2D eigenvalue weighted by atomic mass is 9.88. The van der Waals surface area contributed by atoms with Gasteiger partial charge < -0.3 is 30.1 Å². The molecule has 1 aliphatic heterocycles. The Morgan fingerprint density at radius 3 is 2.36 bits per heavy atom. The van der Waals surface area contributed by atoms with E-state index in [1.165, 1.54) is 0 Å². The average molecular weight is 565 g/mol. The maximum atomic E-state index is 12.8. The molecule has 39 heavy (non-hydrogen) atoms. The number of anilines is 1. The first-order valence-corrected chi connectivity index (χ1v) is 14.5. The number of rotatable bonds is 16. The summed E-state index contributed by atoms with van der Waals surface area (Å²) in [4.78, 5) is 40.2. The number of likely N-dealkylation sites (tertiary alicyclic amines) is 1. The van der Waals surface area contributed by atoms with E-state index in [0.717, 1.165) is 57.5 Å². The molecular weight excluding hydrogens is 515 g/mol. The number of hydrogen-bond donors (Lipinski definition) is 3. The molecule has 0 bridgehead atoms. The van der Waals surface area contributed by atoms with E-state index >= 15 is 0 Å². The molecule has 3 N–H and O–H groups in total. The smallest absolute Gasteiger partial charge is 0.243 e. The lowest BCUT2D eigenvalue weighted by Gasteiger charge is -2.37. The van der Waals surface area contributed by atoms with Crippen LogP contribution in [0.2, 0.25) is 0 Å². The first kappa shape index (κ1) is 33.1. The number of methoxy groups -OCH3 is 1. The summed E-state index contributed by atoms with van der Waals surface area (Å²) >= 11 is 0. The van der Waals surface area contributed by atoms with Crippen molar-refractivity contribution in [3.8, 4) is 0 Å². The Labute approximate surface area is 236 Å². The summed E-state index contributed by atoms with van der Waals surface area (Å²) in [6.45, 7) is 12.5. The molecule has 2 atom stereocenters. The van der Waals surface area contributed by atoms with E-state index < -0.39 is 6.04 Å².